The van der Waals surface area contributed by atoms with E-state index >= 15 is 0 Å². The van der Waals surface area contributed by atoms with Gasteiger partial charge >= 0.3 is 0 Å². The molecule has 1 aliphatic rings. The van der Waals surface area contributed by atoms with Gasteiger partial charge in [0.05, 0.1) is 16.7 Å². The smallest absolute Gasteiger partial charge is 0.137 e. The first-order valence-electron chi connectivity index (χ1n) is 24.8. The summed E-state index contributed by atoms with van der Waals surface area (Å²) in [5.41, 5.74) is 8.64. The molecule has 8 aromatic carbocycles. The molecule has 0 saturated heterocycles. The van der Waals surface area contributed by atoms with Crippen molar-refractivity contribution in [3.05, 3.63) is 195 Å². The molecule has 0 bridgehead atoms. The van der Waals surface area contributed by atoms with Crippen LogP contribution in [0.5, 0.6) is 11.5 Å². The quantitative estimate of drug-likeness (QED) is 0.149. The van der Waals surface area contributed by atoms with Gasteiger partial charge in [-0.2, -0.15) is 12.1 Å². The summed E-state index contributed by atoms with van der Waals surface area (Å²) in [4.78, 5) is 10.8. The van der Waals surface area contributed by atoms with Crippen LogP contribution in [-0.4, -0.2) is 32.8 Å². The fourth-order valence-corrected chi connectivity index (χ4v) is 10.0. The monoisotopic (exact) mass is 1050 g/mol. The Balaban J connectivity index is 0.00000543. The summed E-state index contributed by atoms with van der Waals surface area (Å²) in [6.45, 7) is -3.48. The molecule has 1 aliphatic heterocycles. The number of anilines is 5. The Bertz CT molecular complexity index is 4050. The Morgan fingerprint density at radius 1 is 0.582 bits per heavy atom. The van der Waals surface area contributed by atoms with Crippen LogP contribution in [0, 0.1) is 18.8 Å². The standard InChI is InChI=1S/C58H42N7O.Pt/c1-60(2)38-31-32-59-52(34-38)65-48-26-13-8-21-42(48)43-30-29-41(35-51(43)65)66-40-20-16-19-39(33-40)63-36-64(50-28-15-14-27-49(50)63)58-56-54(44-22-9-11-24-46(44)61(56)3)53(37-17-6-5-7-18-37)55-45-23-10-12-25-47(45)62(4)57(55)58;/h5-32,34,36H,1-4H3;/q-3;/i3D3,4D3;. The van der Waals surface area contributed by atoms with Gasteiger partial charge in [-0.25, -0.2) is 4.98 Å². The van der Waals surface area contributed by atoms with Gasteiger partial charge in [-0.1, -0.05) is 103 Å². The Hall–Kier alpha value is -7.80. The number of pyridine rings is 1. The number of fused-ring (bicyclic) bond motifs is 10. The van der Waals surface area contributed by atoms with Crippen LogP contribution in [0.1, 0.15) is 8.22 Å². The molecule has 12 aromatic rings. The third-order valence-corrected chi connectivity index (χ3v) is 12.9. The summed E-state index contributed by atoms with van der Waals surface area (Å²) in [6.07, 6.45) is 1.81. The van der Waals surface area contributed by atoms with Crippen LogP contribution in [0.4, 0.5) is 28.4 Å². The Morgan fingerprint density at radius 3 is 1.88 bits per heavy atom. The topological polar surface area (TPSA) is 46.6 Å². The maximum absolute atomic E-state index is 9.19. The number of rotatable bonds is 7. The first-order valence-corrected chi connectivity index (χ1v) is 21.8. The zero-order chi connectivity index (χ0) is 49.2. The van der Waals surface area contributed by atoms with Crippen molar-refractivity contribution in [2.75, 3.05) is 28.8 Å². The SMILES string of the molecule is [2H]C([2H])([2H])n1c2ccccc2c2c(-c3ccccc3)c3c4ccccc4n(C([2H])([2H])[2H])c3c(N3[CH-]N(c4[c-]c(Oc5[c-]c6c(cc5)c5ccccc5n6-c5cc(N(C)C)ccn5)ccc4)c4ccccc43)c21.[Pt]. The normalized spacial score (nSPS) is 14.2. The Labute approximate surface area is 410 Å². The molecule has 5 heterocycles. The second-order valence-corrected chi connectivity index (χ2v) is 16.8. The zero-order valence-corrected chi connectivity index (χ0v) is 38.4. The van der Waals surface area contributed by atoms with Gasteiger partial charge in [-0.15, -0.1) is 48.1 Å². The first kappa shape index (κ1) is 34.5. The maximum Gasteiger partial charge on any atom is 0.137 e. The largest absolute Gasteiger partial charge is 0.509 e. The van der Waals surface area contributed by atoms with Crippen molar-refractivity contribution in [3.8, 4) is 28.4 Å². The van der Waals surface area contributed by atoms with Gasteiger partial charge in [0, 0.05) is 142 Å². The zero-order valence-electron chi connectivity index (χ0n) is 42.2. The van der Waals surface area contributed by atoms with Crippen LogP contribution in [0.2, 0.25) is 0 Å². The molecule has 328 valence electrons. The van der Waals surface area contributed by atoms with E-state index in [1.54, 1.807) is 0 Å². The van der Waals surface area contributed by atoms with Gasteiger partial charge in [-0.05, 0) is 47.3 Å². The molecule has 0 N–H and O–H groups in total. The molecule has 0 aliphatic carbocycles. The van der Waals surface area contributed by atoms with E-state index in [1.807, 2.05) is 193 Å². The van der Waals surface area contributed by atoms with Crippen LogP contribution in [0.25, 0.3) is 82.4 Å². The average molecular weight is 1050 g/mol. The van der Waals surface area contributed by atoms with Crippen molar-refractivity contribution < 1.29 is 34.0 Å². The number of para-hydroxylation sites is 5. The number of aryl methyl sites for hydroxylation is 2. The van der Waals surface area contributed by atoms with Gasteiger partial charge in [0.1, 0.15) is 5.82 Å². The predicted octanol–water partition coefficient (Wildman–Crippen LogP) is 14.0. The van der Waals surface area contributed by atoms with E-state index in [2.05, 4.69) is 34.9 Å². The fraction of sp³-hybridized carbons (Fsp3) is 0.0690. The minimum absolute atomic E-state index is 0. The maximum atomic E-state index is 9.19. The van der Waals surface area contributed by atoms with Crippen LogP contribution in [-0.2, 0) is 35.0 Å². The summed E-state index contributed by atoms with van der Waals surface area (Å²) >= 11 is 0. The third-order valence-electron chi connectivity index (χ3n) is 12.9. The molecule has 0 unspecified atom stereocenters. The number of aromatic nitrogens is 4. The first-order chi connectivity index (χ1) is 34.8. The number of nitrogens with zero attached hydrogens (tertiary/aromatic N) is 7. The molecular formula is C58H42N7OPt-3. The van der Waals surface area contributed by atoms with Crippen LogP contribution < -0.4 is 19.4 Å². The van der Waals surface area contributed by atoms with E-state index in [0.717, 1.165) is 60.9 Å². The second-order valence-electron chi connectivity index (χ2n) is 16.8. The average Bonchev–Trinajstić information content (AvgIpc) is 4.13. The molecular weight excluding hydrogens is 1010 g/mol. The molecule has 0 saturated carbocycles. The second kappa shape index (κ2) is 15.7. The number of hydrogen-bond acceptors (Lipinski definition) is 5. The third kappa shape index (κ3) is 6.13. The van der Waals surface area contributed by atoms with Crippen LogP contribution >= 0.6 is 0 Å². The van der Waals surface area contributed by atoms with Crippen molar-refractivity contribution in [1.29, 1.82) is 0 Å². The molecule has 0 spiro atoms. The van der Waals surface area contributed by atoms with Gasteiger partial charge in [-0.3, -0.25) is 0 Å². The predicted molar refractivity (Wildman–Crippen MR) is 272 cm³/mol. The van der Waals surface area contributed by atoms with Crippen molar-refractivity contribution in [2.24, 2.45) is 14.0 Å². The van der Waals surface area contributed by atoms with Crippen molar-refractivity contribution in [3.63, 3.8) is 0 Å². The fourth-order valence-electron chi connectivity index (χ4n) is 10.0. The molecule has 0 fully saturated rings. The van der Waals surface area contributed by atoms with E-state index in [0.29, 0.717) is 61.4 Å². The summed E-state index contributed by atoms with van der Waals surface area (Å²) in [6, 6.07) is 61.7. The molecule has 0 radical (unpaired) electrons. The van der Waals surface area contributed by atoms with E-state index in [4.69, 9.17) is 9.72 Å². The van der Waals surface area contributed by atoms with Crippen molar-refractivity contribution in [2.45, 2.75) is 0 Å². The number of hydrogen-bond donors (Lipinski definition) is 0. The molecule has 67 heavy (non-hydrogen) atoms. The molecule has 0 amide bonds. The number of benzene rings is 8. The summed E-state index contributed by atoms with van der Waals surface area (Å²) in [5, 5.41) is 4.93. The summed E-state index contributed by atoms with van der Waals surface area (Å²) < 4.78 is 66.7. The molecule has 8 nitrogen and oxygen atoms in total. The van der Waals surface area contributed by atoms with Crippen molar-refractivity contribution in [1.82, 2.24) is 18.7 Å². The van der Waals surface area contributed by atoms with Gasteiger partial charge in [0.15, 0.2) is 0 Å². The Morgan fingerprint density at radius 2 is 1.19 bits per heavy atom. The summed E-state index contributed by atoms with van der Waals surface area (Å²) in [7, 11) is 4.01. The minimum Gasteiger partial charge on any atom is -0.509 e. The molecule has 0 atom stereocenters. The number of ether oxygens (including phenoxy) is 1. The van der Waals surface area contributed by atoms with Gasteiger partial charge < -0.3 is 33.1 Å². The van der Waals surface area contributed by atoms with Gasteiger partial charge in [0.25, 0.3) is 0 Å². The van der Waals surface area contributed by atoms with Crippen LogP contribution in [0.3, 0.4) is 0 Å². The van der Waals surface area contributed by atoms with Crippen molar-refractivity contribution >= 4 is 93.9 Å². The van der Waals surface area contributed by atoms with Gasteiger partial charge in [0.2, 0.25) is 0 Å². The van der Waals surface area contributed by atoms with Crippen LogP contribution in [0.15, 0.2) is 176 Å². The van der Waals surface area contributed by atoms with E-state index in [9.17, 15) is 8.22 Å². The van der Waals surface area contributed by atoms with E-state index < -0.39 is 14.0 Å². The molecule has 4 aromatic heterocycles. The molecule has 13 rings (SSSR count). The van der Waals surface area contributed by atoms with E-state index in [1.165, 1.54) is 9.13 Å². The Kier molecular flexibility index (Phi) is 8.08. The summed E-state index contributed by atoms with van der Waals surface area (Å²) in [5.74, 6) is 1.67. The molecule has 9 heteroatoms. The van der Waals surface area contributed by atoms with E-state index in [-0.39, 0.29) is 21.1 Å². The minimum atomic E-state index is -2.69.